The minimum Gasteiger partial charge on any atom is -0.478 e. The molecular weight excluding hydrogens is 345 g/mol. The number of hydrogen-bond donors (Lipinski definition) is 2. The van der Waals surface area contributed by atoms with Gasteiger partial charge in [0.25, 0.3) is 0 Å². The van der Waals surface area contributed by atoms with Crippen molar-refractivity contribution < 1.29 is 9.90 Å². The highest BCUT2D eigenvalue weighted by Gasteiger charge is 2.39. The molecule has 0 radical (unpaired) electrons. The van der Waals surface area contributed by atoms with Crippen LogP contribution in [-0.2, 0) is 0 Å². The molecule has 2 aliphatic rings. The van der Waals surface area contributed by atoms with Crippen LogP contribution in [0.15, 0.2) is 48.6 Å². The number of carboxylic acid groups (broad SMARTS) is 1. The number of carboxylic acids is 1. The largest absolute Gasteiger partial charge is 0.478 e. The van der Waals surface area contributed by atoms with Crippen molar-refractivity contribution in [1.29, 1.82) is 0 Å². The van der Waals surface area contributed by atoms with E-state index in [2.05, 4.69) is 17.5 Å². The number of allylic oxidation sites excluding steroid dienone is 2. The van der Waals surface area contributed by atoms with E-state index >= 15 is 0 Å². The van der Waals surface area contributed by atoms with E-state index in [1.807, 2.05) is 18.2 Å². The predicted octanol–water partition coefficient (Wildman–Crippen LogP) is 5.52. The van der Waals surface area contributed by atoms with Crippen LogP contribution in [-0.4, -0.2) is 11.1 Å². The molecule has 1 aliphatic heterocycles. The third-order valence-corrected chi connectivity index (χ3v) is 5.58. The first kappa shape index (κ1) is 15.6. The molecule has 1 aliphatic carbocycles. The molecule has 4 rings (SSSR count). The van der Waals surface area contributed by atoms with Crippen LogP contribution in [0.1, 0.15) is 39.9 Å². The van der Waals surface area contributed by atoms with Gasteiger partial charge < -0.3 is 10.4 Å². The van der Waals surface area contributed by atoms with Gasteiger partial charge in [0.15, 0.2) is 0 Å². The van der Waals surface area contributed by atoms with Crippen LogP contribution >= 0.6 is 23.2 Å². The summed E-state index contributed by atoms with van der Waals surface area (Å²) in [5, 5.41) is 14.0. The maximum absolute atomic E-state index is 11.1. The zero-order valence-corrected chi connectivity index (χ0v) is 14.2. The van der Waals surface area contributed by atoms with Gasteiger partial charge in [-0.3, -0.25) is 0 Å². The molecule has 0 bridgehead atoms. The molecule has 2 N–H and O–H groups in total. The molecule has 0 saturated heterocycles. The van der Waals surface area contributed by atoms with E-state index in [-0.39, 0.29) is 17.5 Å². The fourth-order valence-electron chi connectivity index (χ4n) is 3.79. The first-order chi connectivity index (χ1) is 11.6. The number of fused-ring (bicyclic) bond motifs is 3. The van der Waals surface area contributed by atoms with Gasteiger partial charge in [0.05, 0.1) is 22.3 Å². The maximum atomic E-state index is 11.1. The third kappa shape index (κ3) is 2.40. The van der Waals surface area contributed by atoms with Crippen LogP contribution in [0, 0.1) is 5.92 Å². The normalized spacial score (nSPS) is 24.2. The van der Waals surface area contributed by atoms with E-state index in [1.54, 1.807) is 18.2 Å². The zero-order chi connectivity index (χ0) is 16.8. The minimum absolute atomic E-state index is 0.0660. The van der Waals surface area contributed by atoms with Crippen molar-refractivity contribution in [1.82, 2.24) is 0 Å². The highest BCUT2D eigenvalue weighted by atomic mass is 35.5. The minimum atomic E-state index is -0.918. The Morgan fingerprint density at radius 2 is 1.79 bits per heavy atom. The fraction of sp³-hybridized carbons (Fsp3) is 0.211. The lowest BCUT2D eigenvalue weighted by atomic mass is 9.77. The summed E-state index contributed by atoms with van der Waals surface area (Å²) in [5.41, 5.74) is 3.28. The smallest absolute Gasteiger partial charge is 0.335 e. The third-order valence-electron chi connectivity index (χ3n) is 4.93. The van der Waals surface area contributed by atoms with Gasteiger partial charge in [-0.15, -0.1) is 0 Å². The summed E-state index contributed by atoms with van der Waals surface area (Å²) in [7, 11) is 0. The highest BCUT2D eigenvalue weighted by molar-refractivity contribution is 6.36. The van der Waals surface area contributed by atoms with Crippen LogP contribution in [0.2, 0.25) is 10.0 Å². The summed E-state index contributed by atoms with van der Waals surface area (Å²) in [6.07, 6.45) is 5.33. The second-order valence-corrected chi connectivity index (χ2v) is 7.03. The number of anilines is 1. The summed E-state index contributed by atoms with van der Waals surface area (Å²) < 4.78 is 0. The average molecular weight is 360 g/mol. The van der Waals surface area contributed by atoms with Crippen molar-refractivity contribution >= 4 is 34.9 Å². The molecule has 1 heterocycles. The summed E-state index contributed by atoms with van der Waals surface area (Å²) in [5.74, 6) is -0.362. The molecule has 24 heavy (non-hydrogen) atoms. The highest BCUT2D eigenvalue weighted by Crippen LogP contribution is 2.53. The van der Waals surface area contributed by atoms with E-state index in [0.717, 1.165) is 28.3 Å². The first-order valence-corrected chi connectivity index (χ1v) is 8.56. The molecule has 0 amide bonds. The Labute approximate surface area is 149 Å². The average Bonchev–Trinajstić information content (AvgIpc) is 3.07. The quantitative estimate of drug-likeness (QED) is 0.694. The lowest BCUT2D eigenvalue weighted by Crippen LogP contribution is -2.29. The van der Waals surface area contributed by atoms with Crippen LogP contribution in [0.3, 0.4) is 0 Å². The lowest BCUT2D eigenvalue weighted by molar-refractivity contribution is 0.0697. The SMILES string of the molecule is O=C(O)c1ccc([C@@H]2Nc3c(Cl)ccc(Cl)c3[C@@H]3C=CC[C@@H]32)cc1. The number of hydrogen-bond acceptors (Lipinski definition) is 2. The molecule has 122 valence electrons. The predicted molar refractivity (Wildman–Crippen MR) is 96.2 cm³/mol. The van der Waals surface area contributed by atoms with Crippen molar-refractivity contribution in [2.24, 2.45) is 5.92 Å². The molecule has 2 aromatic carbocycles. The van der Waals surface area contributed by atoms with Crippen LogP contribution in [0.5, 0.6) is 0 Å². The van der Waals surface area contributed by atoms with Crippen LogP contribution < -0.4 is 5.32 Å². The summed E-state index contributed by atoms with van der Waals surface area (Å²) >= 11 is 12.8. The summed E-state index contributed by atoms with van der Waals surface area (Å²) in [4.78, 5) is 11.1. The molecule has 0 saturated carbocycles. The molecule has 3 nitrogen and oxygen atoms in total. The Morgan fingerprint density at radius 1 is 1.08 bits per heavy atom. The van der Waals surface area contributed by atoms with Crippen molar-refractivity contribution in [3.63, 3.8) is 0 Å². The number of benzene rings is 2. The van der Waals surface area contributed by atoms with Crippen molar-refractivity contribution in [2.45, 2.75) is 18.4 Å². The van der Waals surface area contributed by atoms with E-state index in [4.69, 9.17) is 28.3 Å². The standard InChI is InChI=1S/C19H15Cl2NO2/c20-14-8-9-15(21)18-16(14)12-2-1-3-13(12)17(22-18)10-4-6-11(7-5-10)19(23)24/h1-2,4-9,12-13,17,22H,3H2,(H,23,24)/t12-,13+,17+/m1/s1. The molecule has 5 heteroatoms. The summed E-state index contributed by atoms with van der Waals surface area (Å²) in [6, 6.07) is 10.8. The van der Waals surface area contributed by atoms with Gasteiger partial charge in [0.2, 0.25) is 0 Å². The monoisotopic (exact) mass is 359 g/mol. The van der Waals surface area contributed by atoms with Crippen molar-refractivity contribution in [2.75, 3.05) is 5.32 Å². The van der Waals surface area contributed by atoms with E-state index in [1.165, 1.54) is 0 Å². The van der Waals surface area contributed by atoms with Crippen molar-refractivity contribution in [3.05, 3.63) is 75.3 Å². The Hall–Kier alpha value is -1.97. The molecular formula is C19H15Cl2NO2. The van der Waals surface area contributed by atoms with Crippen LogP contribution in [0.4, 0.5) is 5.69 Å². The zero-order valence-electron chi connectivity index (χ0n) is 12.7. The number of rotatable bonds is 2. The van der Waals surface area contributed by atoms with Gasteiger partial charge in [-0.05, 0) is 42.2 Å². The summed E-state index contributed by atoms with van der Waals surface area (Å²) in [6.45, 7) is 0. The van der Waals surface area contributed by atoms with Gasteiger partial charge in [-0.2, -0.15) is 0 Å². The molecule has 0 spiro atoms. The van der Waals surface area contributed by atoms with Crippen LogP contribution in [0.25, 0.3) is 0 Å². The molecule has 2 aromatic rings. The topological polar surface area (TPSA) is 49.3 Å². The second-order valence-electron chi connectivity index (χ2n) is 6.22. The van der Waals surface area contributed by atoms with Gasteiger partial charge >= 0.3 is 5.97 Å². The molecule has 0 fully saturated rings. The molecule has 3 atom stereocenters. The Kier molecular flexibility index (Phi) is 3.78. The van der Waals surface area contributed by atoms with E-state index in [9.17, 15) is 4.79 Å². The van der Waals surface area contributed by atoms with Gasteiger partial charge in [0.1, 0.15) is 0 Å². The Morgan fingerprint density at radius 3 is 2.50 bits per heavy atom. The number of carbonyl (C=O) groups is 1. The van der Waals surface area contributed by atoms with Gasteiger partial charge in [0, 0.05) is 16.5 Å². The first-order valence-electron chi connectivity index (χ1n) is 7.80. The van der Waals surface area contributed by atoms with E-state index in [0.29, 0.717) is 10.9 Å². The van der Waals surface area contributed by atoms with Gasteiger partial charge in [-0.25, -0.2) is 4.79 Å². The number of halogens is 2. The Balaban J connectivity index is 1.78. The van der Waals surface area contributed by atoms with E-state index < -0.39 is 5.97 Å². The van der Waals surface area contributed by atoms with Crippen molar-refractivity contribution in [3.8, 4) is 0 Å². The number of nitrogens with one attached hydrogen (secondary N) is 1. The Bertz CT molecular complexity index is 845. The molecule has 0 unspecified atom stereocenters. The number of aromatic carboxylic acids is 1. The lowest BCUT2D eigenvalue weighted by Gasteiger charge is -2.38. The fourth-order valence-corrected chi connectivity index (χ4v) is 4.29. The van der Waals surface area contributed by atoms with Gasteiger partial charge in [-0.1, -0.05) is 47.5 Å². The molecule has 0 aromatic heterocycles. The maximum Gasteiger partial charge on any atom is 0.335 e. The second kappa shape index (κ2) is 5.83.